The molecule has 0 amide bonds. The van der Waals surface area contributed by atoms with Gasteiger partial charge in [-0.1, -0.05) is 42.8 Å². The quantitative estimate of drug-likeness (QED) is 0.607. The predicted molar refractivity (Wildman–Crippen MR) is 84.8 cm³/mol. The first-order chi connectivity index (χ1) is 10.2. The van der Waals surface area contributed by atoms with Crippen molar-refractivity contribution >= 4 is 28.3 Å². The number of hydrogen-bond acceptors (Lipinski definition) is 3. The Morgan fingerprint density at radius 3 is 2.57 bits per heavy atom. The Morgan fingerprint density at radius 1 is 1.19 bits per heavy atom. The fourth-order valence-electron chi connectivity index (χ4n) is 2.10. The molecule has 0 N–H and O–H groups in total. The summed E-state index contributed by atoms with van der Waals surface area (Å²) < 4.78 is 10.5. The molecule has 110 valence electrons. The Kier molecular flexibility index (Phi) is 5.23. The van der Waals surface area contributed by atoms with Crippen LogP contribution in [0.15, 0.2) is 48.0 Å². The highest BCUT2D eigenvalue weighted by Gasteiger charge is 2.07. The van der Waals surface area contributed by atoms with Crippen LogP contribution in [0.4, 0.5) is 0 Å². The standard InChI is InChI=1S/C17H17ClO3/c1-3-12(17(19)20-2)10-11-21-16-9-8-15(18)13-6-4-5-7-14(13)16/h4-10H,3,11H2,1-2H3. The fourth-order valence-corrected chi connectivity index (χ4v) is 2.32. The number of carbonyl (C=O) groups is 1. The van der Waals surface area contributed by atoms with Gasteiger partial charge in [0.05, 0.1) is 7.11 Å². The van der Waals surface area contributed by atoms with E-state index in [0.29, 0.717) is 23.6 Å². The molecule has 4 heteroatoms. The summed E-state index contributed by atoms with van der Waals surface area (Å²) in [5.74, 6) is 0.425. The van der Waals surface area contributed by atoms with E-state index in [4.69, 9.17) is 21.1 Å². The molecule has 0 unspecified atom stereocenters. The molecule has 0 heterocycles. The number of rotatable bonds is 5. The Hall–Kier alpha value is -2.00. The highest BCUT2D eigenvalue weighted by molar-refractivity contribution is 6.35. The van der Waals surface area contributed by atoms with Gasteiger partial charge >= 0.3 is 5.97 Å². The second kappa shape index (κ2) is 7.14. The monoisotopic (exact) mass is 304 g/mol. The van der Waals surface area contributed by atoms with Crippen LogP contribution in [-0.2, 0) is 9.53 Å². The first kappa shape index (κ1) is 15.4. The zero-order valence-corrected chi connectivity index (χ0v) is 12.8. The first-order valence-corrected chi connectivity index (χ1v) is 7.12. The van der Waals surface area contributed by atoms with Crippen LogP contribution in [0.3, 0.4) is 0 Å². The summed E-state index contributed by atoms with van der Waals surface area (Å²) in [7, 11) is 1.37. The molecule has 0 atom stereocenters. The van der Waals surface area contributed by atoms with E-state index >= 15 is 0 Å². The minimum absolute atomic E-state index is 0.309. The van der Waals surface area contributed by atoms with Crippen LogP contribution in [0, 0.1) is 0 Å². The van der Waals surface area contributed by atoms with Gasteiger partial charge in [-0.3, -0.25) is 0 Å². The third kappa shape index (κ3) is 3.56. The molecule has 0 fully saturated rings. The van der Waals surface area contributed by atoms with E-state index in [9.17, 15) is 4.79 Å². The maximum atomic E-state index is 11.5. The smallest absolute Gasteiger partial charge is 0.333 e. The maximum absolute atomic E-state index is 11.5. The molecule has 0 aliphatic heterocycles. The molecule has 0 radical (unpaired) electrons. The predicted octanol–water partition coefficient (Wildman–Crippen LogP) is 4.38. The van der Waals surface area contributed by atoms with Gasteiger partial charge in [-0.25, -0.2) is 4.79 Å². The third-order valence-electron chi connectivity index (χ3n) is 3.23. The van der Waals surface area contributed by atoms with E-state index in [1.54, 1.807) is 6.08 Å². The summed E-state index contributed by atoms with van der Waals surface area (Å²) in [5, 5.41) is 2.59. The van der Waals surface area contributed by atoms with Gasteiger partial charge in [0.1, 0.15) is 12.4 Å². The lowest BCUT2D eigenvalue weighted by atomic mass is 10.1. The Morgan fingerprint density at radius 2 is 1.90 bits per heavy atom. The van der Waals surface area contributed by atoms with Crippen molar-refractivity contribution in [2.24, 2.45) is 0 Å². The molecule has 2 aromatic carbocycles. The number of carbonyl (C=O) groups excluding carboxylic acids is 1. The molecule has 0 spiro atoms. The van der Waals surface area contributed by atoms with Crippen LogP contribution in [0.2, 0.25) is 5.02 Å². The van der Waals surface area contributed by atoms with Crippen LogP contribution in [0.25, 0.3) is 10.8 Å². The summed E-state index contributed by atoms with van der Waals surface area (Å²) in [4.78, 5) is 11.5. The topological polar surface area (TPSA) is 35.5 Å². The zero-order chi connectivity index (χ0) is 15.2. The molecule has 0 aromatic heterocycles. The fraction of sp³-hybridized carbons (Fsp3) is 0.235. The van der Waals surface area contributed by atoms with Crippen molar-refractivity contribution in [2.75, 3.05) is 13.7 Å². The average Bonchev–Trinajstić information content (AvgIpc) is 2.53. The highest BCUT2D eigenvalue weighted by atomic mass is 35.5. The molecule has 0 aliphatic carbocycles. The summed E-state index contributed by atoms with van der Waals surface area (Å²) in [6.07, 6.45) is 2.35. The van der Waals surface area contributed by atoms with Crippen LogP contribution in [0.5, 0.6) is 5.75 Å². The van der Waals surface area contributed by atoms with Crippen molar-refractivity contribution in [3.05, 3.63) is 53.1 Å². The lowest BCUT2D eigenvalue weighted by molar-refractivity contribution is -0.136. The van der Waals surface area contributed by atoms with Gasteiger partial charge in [0.15, 0.2) is 0 Å². The van der Waals surface area contributed by atoms with Crippen molar-refractivity contribution in [3.8, 4) is 5.75 Å². The Labute approximate surface area is 129 Å². The van der Waals surface area contributed by atoms with Gasteiger partial charge in [-0.2, -0.15) is 0 Å². The molecule has 3 nitrogen and oxygen atoms in total. The summed E-state index contributed by atoms with van der Waals surface area (Å²) in [6, 6.07) is 11.4. The van der Waals surface area contributed by atoms with Gasteiger partial charge in [-0.15, -0.1) is 0 Å². The molecule has 0 saturated carbocycles. The molecule has 0 aliphatic rings. The molecule has 2 rings (SSSR count). The van der Waals surface area contributed by atoms with Crippen LogP contribution < -0.4 is 4.74 Å². The van der Waals surface area contributed by atoms with Gasteiger partial charge in [-0.05, 0) is 24.6 Å². The van der Waals surface area contributed by atoms with Crippen LogP contribution in [-0.4, -0.2) is 19.7 Å². The minimum atomic E-state index is -0.318. The Bertz CT molecular complexity index is 677. The second-order valence-corrected chi connectivity index (χ2v) is 4.88. The molecule has 21 heavy (non-hydrogen) atoms. The number of fused-ring (bicyclic) bond motifs is 1. The van der Waals surface area contributed by atoms with E-state index in [0.717, 1.165) is 16.5 Å². The SMILES string of the molecule is CCC(=CCOc1ccc(Cl)c2ccccc12)C(=O)OC. The van der Waals surface area contributed by atoms with Crippen molar-refractivity contribution in [2.45, 2.75) is 13.3 Å². The van der Waals surface area contributed by atoms with Gasteiger partial charge < -0.3 is 9.47 Å². The molecular formula is C17H17ClO3. The van der Waals surface area contributed by atoms with Gasteiger partial charge in [0.25, 0.3) is 0 Å². The number of esters is 1. The van der Waals surface area contributed by atoms with E-state index in [2.05, 4.69) is 0 Å². The molecule has 0 bridgehead atoms. The maximum Gasteiger partial charge on any atom is 0.333 e. The summed E-state index contributed by atoms with van der Waals surface area (Å²) in [6.45, 7) is 2.21. The minimum Gasteiger partial charge on any atom is -0.489 e. The number of halogens is 1. The number of methoxy groups -OCH3 is 1. The van der Waals surface area contributed by atoms with Gasteiger partial charge in [0.2, 0.25) is 0 Å². The summed E-state index contributed by atoms with van der Waals surface area (Å²) in [5.41, 5.74) is 0.607. The molecule has 2 aromatic rings. The van der Waals surface area contributed by atoms with E-state index < -0.39 is 0 Å². The molecular weight excluding hydrogens is 288 g/mol. The van der Waals surface area contributed by atoms with E-state index in [1.807, 2.05) is 43.3 Å². The van der Waals surface area contributed by atoms with Crippen LogP contribution in [0.1, 0.15) is 13.3 Å². The zero-order valence-electron chi connectivity index (χ0n) is 12.1. The van der Waals surface area contributed by atoms with E-state index in [1.165, 1.54) is 7.11 Å². The van der Waals surface area contributed by atoms with E-state index in [-0.39, 0.29) is 5.97 Å². The van der Waals surface area contributed by atoms with Crippen molar-refractivity contribution in [1.82, 2.24) is 0 Å². The lowest BCUT2D eigenvalue weighted by Crippen LogP contribution is -2.06. The van der Waals surface area contributed by atoms with Gasteiger partial charge in [0, 0.05) is 21.4 Å². The highest BCUT2D eigenvalue weighted by Crippen LogP contribution is 2.31. The van der Waals surface area contributed by atoms with Crippen molar-refractivity contribution in [1.29, 1.82) is 0 Å². The largest absolute Gasteiger partial charge is 0.489 e. The molecule has 0 saturated heterocycles. The number of hydrogen-bond donors (Lipinski definition) is 0. The van der Waals surface area contributed by atoms with Crippen molar-refractivity contribution < 1.29 is 14.3 Å². The summed E-state index contributed by atoms with van der Waals surface area (Å²) >= 11 is 6.17. The van der Waals surface area contributed by atoms with Crippen LogP contribution >= 0.6 is 11.6 Å². The third-order valence-corrected chi connectivity index (χ3v) is 3.56. The average molecular weight is 305 g/mol. The Balaban J connectivity index is 2.20. The number of benzene rings is 2. The lowest BCUT2D eigenvalue weighted by Gasteiger charge is -2.09. The normalized spacial score (nSPS) is 11.5. The second-order valence-electron chi connectivity index (χ2n) is 4.48. The number of ether oxygens (including phenoxy) is 2. The van der Waals surface area contributed by atoms with Crippen molar-refractivity contribution in [3.63, 3.8) is 0 Å². The first-order valence-electron chi connectivity index (χ1n) is 6.74.